The summed E-state index contributed by atoms with van der Waals surface area (Å²) in [6, 6.07) is 114. The molecule has 106 heavy (non-hydrogen) atoms. The van der Waals surface area contributed by atoms with Crippen LogP contribution in [0.15, 0.2) is 291 Å². The van der Waals surface area contributed by atoms with Crippen molar-refractivity contribution < 1.29 is 0 Å². The summed E-state index contributed by atoms with van der Waals surface area (Å²) < 4.78 is 0. The zero-order valence-electron chi connectivity index (χ0n) is 62.6. The van der Waals surface area contributed by atoms with Crippen molar-refractivity contribution in [2.24, 2.45) is 0 Å². The van der Waals surface area contributed by atoms with Gasteiger partial charge in [0.2, 0.25) is 0 Å². The lowest BCUT2D eigenvalue weighted by molar-refractivity contribution is 0.659. The first-order valence-electron chi connectivity index (χ1n) is 38.2. The normalized spacial score (nSPS) is 16.2. The quantitative estimate of drug-likeness (QED) is 0.140. The fourth-order valence-corrected chi connectivity index (χ4v) is 21.1. The SMILES string of the molecule is CC1(C)c2ccccc2-c2cc(-c3c4ccc(N(c5ccc6c(c5)C(C)(C)c5ccccc5-6)c5ccc6c(c5)C(C)(C)c5ccccc5-6)cc4c(-c4ccc5c(c4)C(C)(C)c4ccccc4-5)c4ccc(N(c5ccc6c(c5)C(C)(C)c5ccccc5-6)c5ccc6c(c5)C(C)(C)c5ccccc5-6)cc34)ccc21. The molecular formula is C104H84N2. The lowest BCUT2D eigenvalue weighted by Crippen LogP contribution is -2.18. The highest BCUT2D eigenvalue weighted by Gasteiger charge is 2.43. The summed E-state index contributed by atoms with van der Waals surface area (Å²) in [5.74, 6) is 0. The van der Waals surface area contributed by atoms with E-state index in [-0.39, 0.29) is 32.5 Å². The minimum Gasteiger partial charge on any atom is -0.310 e. The summed E-state index contributed by atoms with van der Waals surface area (Å²) in [5, 5.41) is 4.81. The summed E-state index contributed by atoms with van der Waals surface area (Å²) in [5.41, 5.74) is 42.4. The van der Waals surface area contributed by atoms with Crippen LogP contribution in [0.5, 0.6) is 0 Å². The first-order valence-corrected chi connectivity index (χ1v) is 38.2. The topological polar surface area (TPSA) is 6.48 Å². The Morgan fingerprint density at radius 2 is 0.377 bits per heavy atom. The molecule has 0 saturated heterocycles. The summed E-state index contributed by atoms with van der Waals surface area (Å²) in [6.07, 6.45) is 0. The second kappa shape index (κ2) is 21.6. The van der Waals surface area contributed by atoms with Gasteiger partial charge in [0.25, 0.3) is 0 Å². The van der Waals surface area contributed by atoms with E-state index in [0.29, 0.717) is 0 Å². The molecule has 0 N–H and O–H groups in total. The van der Waals surface area contributed by atoms with Gasteiger partial charge in [0.1, 0.15) is 0 Å². The Labute approximate surface area is 624 Å². The van der Waals surface area contributed by atoms with Crippen LogP contribution in [0.4, 0.5) is 34.1 Å². The largest absolute Gasteiger partial charge is 0.310 e. The van der Waals surface area contributed by atoms with E-state index in [9.17, 15) is 0 Å². The predicted molar refractivity (Wildman–Crippen MR) is 447 cm³/mol. The Balaban J connectivity index is 0.863. The van der Waals surface area contributed by atoms with Crippen molar-refractivity contribution in [1.82, 2.24) is 0 Å². The van der Waals surface area contributed by atoms with Gasteiger partial charge in [0.15, 0.2) is 0 Å². The average molecular weight is 1360 g/mol. The van der Waals surface area contributed by atoms with E-state index < -0.39 is 0 Å². The molecule has 15 aromatic rings. The molecular weight excluding hydrogens is 1280 g/mol. The zero-order chi connectivity index (χ0) is 72.0. The minimum absolute atomic E-state index is 0.172. The molecule has 510 valence electrons. The van der Waals surface area contributed by atoms with Gasteiger partial charge in [-0.15, -0.1) is 0 Å². The second-order valence-electron chi connectivity index (χ2n) is 34.3. The lowest BCUT2D eigenvalue weighted by Gasteiger charge is -2.31. The van der Waals surface area contributed by atoms with E-state index in [1.54, 1.807) is 0 Å². The summed E-state index contributed by atoms with van der Waals surface area (Å²) >= 11 is 0. The second-order valence-corrected chi connectivity index (χ2v) is 34.3. The van der Waals surface area contributed by atoms with Crippen LogP contribution < -0.4 is 9.80 Å². The third-order valence-electron chi connectivity index (χ3n) is 26.6. The summed E-state index contributed by atoms with van der Waals surface area (Å²) in [4.78, 5) is 5.16. The molecule has 0 atom stereocenters. The van der Waals surface area contributed by atoms with Crippen LogP contribution in [0.3, 0.4) is 0 Å². The third kappa shape index (κ3) is 8.45. The molecule has 0 spiro atoms. The monoisotopic (exact) mass is 1360 g/mol. The van der Waals surface area contributed by atoms with Gasteiger partial charge < -0.3 is 9.80 Å². The molecule has 6 aliphatic carbocycles. The van der Waals surface area contributed by atoms with Crippen LogP contribution in [0.2, 0.25) is 0 Å². The molecule has 2 heteroatoms. The van der Waals surface area contributed by atoms with Crippen molar-refractivity contribution in [3.05, 3.63) is 358 Å². The first kappa shape index (κ1) is 62.9. The zero-order valence-corrected chi connectivity index (χ0v) is 62.6. The maximum atomic E-state index is 2.58. The number of anilines is 6. The van der Waals surface area contributed by atoms with Gasteiger partial charge in [-0.1, -0.05) is 289 Å². The van der Waals surface area contributed by atoms with Gasteiger partial charge in [-0.25, -0.2) is 0 Å². The number of rotatable bonds is 8. The first-order chi connectivity index (χ1) is 51.1. The Bertz CT molecular complexity index is 6200. The van der Waals surface area contributed by atoms with Crippen LogP contribution >= 0.6 is 0 Å². The van der Waals surface area contributed by atoms with Crippen molar-refractivity contribution in [3.8, 4) is 89.0 Å². The van der Waals surface area contributed by atoms with E-state index in [0.717, 1.165) is 34.1 Å². The van der Waals surface area contributed by atoms with Crippen LogP contribution in [0, 0.1) is 0 Å². The molecule has 0 unspecified atom stereocenters. The van der Waals surface area contributed by atoms with Crippen LogP contribution in [0.1, 0.15) is 150 Å². The van der Waals surface area contributed by atoms with E-state index in [2.05, 4.69) is 384 Å². The third-order valence-corrected chi connectivity index (χ3v) is 26.6. The Morgan fingerprint density at radius 3 is 0.698 bits per heavy atom. The van der Waals surface area contributed by atoms with Gasteiger partial charge >= 0.3 is 0 Å². The van der Waals surface area contributed by atoms with Gasteiger partial charge in [0, 0.05) is 66.6 Å². The van der Waals surface area contributed by atoms with Crippen LogP contribution in [-0.4, -0.2) is 0 Å². The number of hydrogen-bond acceptors (Lipinski definition) is 2. The van der Waals surface area contributed by atoms with Crippen molar-refractivity contribution in [3.63, 3.8) is 0 Å². The molecule has 0 amide bonds. The van der Waals surface area contributed by atoms with Crippen LogP contribution in [-0.2, 0) is 32.5 Å². The van der Waals surface area contributed by atoms with E-state index in [4.69, 9.17) is 0 Å². The number of fused-ring (bicyclic) bond motifs is 20. The van der Waals surface area contributed by atoms with Gasteiger partial charge in [0.05, 0.1) is 0 Å². The minimum atomic E-state index is -0.239. The Hall–Kier alpha value is -11.6. The fourth-order valence-electron chi connectivity index (χ4n) is 21.1. The van der Waals surface area contributed by atoms with Crippen molar-refractivity contribution in [2.75, 3.05) is 9.80 Å². The van der Waals surface area contributed by atoms with E-state index >= 15 is 0 Å². The molecule has 15 aromatic carbocycles. The standard InChI is InChI=1S/C104H84N2/c1-99(2)90-36-24-18-30-74(90)82-53-61(38-52-91(82)99)97-80-50-43-64(106(67-41-48-78-72-28-16-22-34-88(72)103(9,10)95(78)59-67)68-42-49-79-73-29-17-23-35-89(73)104(11,12)96(79)60-68)56-84(80)98(62-37-45-75-69-25-13-19-31-85(69)100(3,4)92(75)54-62)81-51-44-63(55-83(81)97)105(65-39-46-76-70-26-14-20-32-86(70)101(5,6)93(76)57-65)66-40-47-77-71-27-15-21-33-87(71)102(7,8)94(77)58-66/h13-60H,1-12H3. The molecule has 0 aliphatic heterocycles. The van der Waals surface area contributed by atoms with Crippen molar-refractivity contribution in [1.29, 1.82) is 0 Å². The highest BCUT2D eigenvalue weighted by Crippen LogP contribution is 2.60. The van der Waals surface area contributed by atoms with Gasteiger partial charge in [-0.05, 0) is 262 Å². The molecule has 2 nitrogen and oxygen atoms in total. The molecule has 21 rings (SSSR count). The number of hydrogen-bond donors (Lipinski definition) is 0. The van der Waals surface area contributed by atoms with Gasteiger partial charge in [-0.3, -0.25) is 0 Å². The summed E-state index contributed by atoms with van der Waals surface area (Å²) in [6.45, 7) is 28.9. The lowest BCUT2D eigenvalue weighted by atomic mass is 9.80. The maximum absolute atomic E-state index is 2.58. The molecule has 0 aromatic heterocycles. The number of benzene rings is 15. The summed E-state index contributed by atoms with van der Waals surface area (Å²) in [7, 11) is 0. The van der Waals surface area contributed by atoms with Gasteiger partial charge in [-0.2, -0.15) is 0 Å². The van der Waals surface area contributed by atoms with Crippen molar-refractivity contribution in [2.45, 2.75) is 116 Å². The average Bonchev–Trinajstić information content (AvgIpc) is 1.04. The fraction of sp³-hybridized carbons (Fsp3) is 0.173. The highest BCUT2D eigenvalue weighted by atomic mass is 15.1. The molecule has 6 aliphatic rings. The highest BCUT2D eigenvalue weighted by molar-refractivity contribution is 6.23. The molecule has 0 radical (unpaired) electrons. The molecule has 0 heterocycles. The Kier molecular flexibility index (Phi) is 12.8. The van der Waals surface area contributed by atoms with E-state index in [1.807, 2.05) is 0 Å². The molecule has 0 fully saturated rings. The number of nitrogens with zero attached hydrogens (tertiary/aromatic N) is 2. The Morgan fingerprint density at radius 1 is 0.160 bits per heavy atom. The van der Waals surface area contributed by atoms with Crippen LogP contribution in [0.25, 0.3) is 111 Å². The maximum Gasteiger partial charge on any atom is 0.0468 e. The molecule has 0 saturated carbocycles. The predicted octanol–water partition coefficient (Wildman–Crippen LogP) is 28.1. The smallest absolute Gasteiger partial charge is 0.0468 e. The van der Waals surface area contributed by atoms with E-state index in [1.165, 1.54) is 177 Å². The molecule has 0 bridgehead atoms. The van der Waals surface area contributed by atoms with Crippen molar-refractivity contribution >= 4 is 55.7 Å².